The Kier molecular flexibility index (Phi) is 5.65. The third-order valence-corrected chi connectivity index (χ3v) is 4.43. The summed E-state index contributed by atoms with van der Waals surface area (Å²) in [4.78, 5) is 0. The van der Waals surface area contributed by atoms with Crippen molar-refractivity contribution in [2.24, 2.45) is 5.92 Å². The van der Waals surface area contributed by atoms with Gasteiger partial charge in [0.2, 0.25) is 0 Å². The molecule has 0 heterocycles. The fourth-order valence-corrected chi connectivity index (χ4v) is 3.34. The second-order valence-corrected chi connectivity index (χ2v) is 5.63. The topological polar surface area (TPSA) is 21.3 Å². The molecule has 0 aliphatic heterocycles. The van der Waals surface area contributed by atoms with Crippen LogP contribution >= 0.6 is 0 Å². The number of benzene rings is 1. The molecule has 118 valence electrons. The highest BCUT2D eigenvalue weighted by molar-refractivity contribution is 5.25. The molecule has 1 fully saturated rings. The van der Waals surface area contributed by atoms with Gasteiger partial charge in [-0.1, -0.05) is 25.3 Å². The Labute approximate surface area is 123 Å². The highest BCUT2D eigenvalue weighted by atomic mass is 19.2. The fourth-order valence-electron chi connectivity index (χ4n) is 3.34. The molecule has 2 nitrogen and oxygen atoms in total. The number of halogens is 3. The highest BCUT2D eigenvalue weighted by Crippen LogP contribution is 2.35. The van der Waals surface area contributed by atoms with E-state index in [0.717, 1.165) is 31.7 Å². The lowest BCUT2D eigenvalue weighted by Gasteiger charge is -2.35. The molecule has 1 saturated carbocycles. The maximum Gasteiger partial charge on any atom is 0.194 e. The smallest absolute Gasteiger partial charge is 0.194 e. The predicted octanol–water partition coefficient (Wildman–Crippen LogP) is 3.96. The molecule has 21 heavy (non-hydrogen) atoms. The summed E-state index contributed by atoms with van der Waals surface area (Å²) in [6.45, 7) is 0. The quantitative estimate of drug-likeness (QED) is 0.831. The van der Waals surface area contributed by atoms with Gasteiger partial charge in [-0.25, -0.2) is 13.2 Å². The summed E-state index contributed by atoms with van der Waals surface area (Å²) in [7, 11) is 3.27. The normalized spacial score (nSPS) is 19.5. The van der Waals surface area contributed by atoms with E-state index in [9.17, 15) is 13.2 Å². The lowest BCUT2D eigenvalue weighted by Crippen LogP contribution is -2.38. The molecule has 0 amide bonds. The maximum absolute atomic E-state index is 14.1. The first-order chi connectivity index (χ1) is 10.1. The number of likely N-dealkylation sites (N-methyl/N-ethyl adjacent to an activating group) is 1. The lowest BCUT2D eigenvalue weighted by molar-refractivity contribution is 0.00839. The van der Waals surface area contributed by atoms with Crippen molar-refractivity contribution in [3.05, 3.63) is 35.1 Å². The fraction of sp³-hybridized carbons (Fsp3) is 0.625. The summed E-state index contributed by atoms with van der Waals surface area (Å²) in [5.41, 5.74) is 0.119. The Morgan fingerprint density at radius 3 is 2.33 bits per heavy atom. The molecular formula is C16H22F3NO. The van der Waals surface area contributed by atoms with Crippen LogP contribution in [0.15, 0.2) is 12.1 Å². The Morgan fingerprint density at radius 2 is 1.76 bits per heavy atom. The van der Waals surface area contributed by atoms with Crippen LogP contribution in [0.2, 0.25) is 0 Å². The van der Waals surface area contributed by atoms with Crippen molar-refractivity contribution in [1.82, 2.24) is 5.32 Å². The molecule has 1 N–H and O–H groups in total. The first-order valence-corrected chi connectivity index (χ1v) is 7.43. The van der Waals surface area contributed by atoms with E-state index in [-0.39, 0.29) is 11.7 Å². The van der Waals surface area contributed by atoms with Crippen molar-refractivity contribution < 1.29 is 17.9 Å². The van der Waals surface area contributed by atoms with Crippen LogP contribution in [0.25, 0.3) is 0 Å². The van der Waals surface area contributed by atoms with Gasteiger partial charge in [0.05, 0.1) is 12.1 Å². The van der Waals surface area contributed by atoms with Crippen LogP contribution in [-0.4, -0.2) is 20.3 Å². The third-order valence-electron chi connectivity index (χ3n) is 4.43. The minimum Gasteiger partial charge on any atom is -0.379 e. The SMILES string of the molecule is CNC(c1ccc(F)c(F)c1F)C(OC)C1CCCCC1. The molecule has 1 aliphatic carbocycles. The molecule has 0 bridgehead atoms. The molecule has 1 aromatic rings. The van der Waals surface area contributed by atoms with Gasteiger partial charge in [0.25, 0.3) is 0 Å². The Morgan fingerprint density at radius 1 is 1.10 bits per heavy atom. The van der Waals surface area contributed by atoms with Gasteiger partial charge in [-0.3, -0.25) is 0 Å². The van der Waals surface area contributed by atoms with Gasteiger partial charge in [0.1, 0.15) is 0 Å². The van der Waals surface area contributed by atoms with Crippen LogP contribution in [0.3, 0.4) is 0 Å². The summed E-state index contributed by atoms with van der Waals surface area (Å²) >= 11 is 0. The van der Waals surface area contributed by atoms with Gasteiger partial charge in [0.15, 0.2) is 17.5 Å². The van der Waals surface area contributed by atoms with Gasteiger partial charge >= 0.3 is 0 Å². The summed E-state index contributed by atoms with van der Waals surface area (Å²) in [6, 6.07) is 1.77. The zero-order valence-electron chi connectivity index (χ0n) is 12.5. The number of hydrogen-bond acceptors (Lipinski definition) is 2. The lowest BCUT2D eigenvalue weighted by atomic mass is 9.81. The molecule has 1 aromatic carbocycles. The van der Waals surface area contributed by atoms with Crippen LogP contribution in [0.4, 0.5) is 13.2 Å². The van der Waals surface area contributed by atoms with E-state index in [2.05, 4.69) is 5.32 Å². The van der Waals surface area contributed by atoms with E-state index >= 15 is 0 Å². The molecule has 0 radical (unpaired) electrons. The zero-order chi connectivity index (χ0) is 15.4. The monoisotopic (exact) mass is 301 g/mol. The number of nitrogens with one attached hydrogen (secondary N) is 1. The van der Waals surface area contributed by atoms with Crippen LogP contribution in [0.5, 0.6) is 0 Å². The van der Waals surface area contributed by atoms with Gasteiger partial charge in [0, 0.05) is 12.7 Å². The van der Waals surface area contributed by atoms with E-state index < -0.39 is 23.5 Å². The molecule has 0 saturated heterocycles. The standard InChI is InChI=1S/C16H22F3NO/c1-20-15(11-8-9-12(17)14(19)13(11)18)16(21-2)10-6-4-3-5-7-10/h8-10,15-16,20H,3-7H2,1-2H3. The van der Waals surface area contributed by atoms with Crippen molar-refractivity contribution in [3.8, 4) is 0 Å². The third kappa shape index (κ3) is 3.40. The minimum atomic E-state index is -1.42. The van der Waals surface area contributed by atoms with Gasteiger partial charge in [-0.05, 0) is 31.9 Å². The average Bonchev–Trinajstić information content (AvgIpc) is 2.52. The van der Waals surface area contributed by atoms with Gasteiger partial charge < -0.3 is 10.1 Å². The van der Waals surface area contributed by atoms with Gasteiger partial charge in [-0.2, -0.15) is 0 Å². The number of ether oxygens (including phenoxy) is 1. The van der Waals surface area contributed by atoms with E-state index in [1.807, 2.05) is 0 Å². The Balaban J connectivity index is 2.30. The van der Waals surface area contributed by atoms with Gasteiger partial charge in [-0.15, -0.1) is 0 Å². The molecule has 2 rings (SSSR count). The average molecular weight is 301 g/mol. The summed E-state index contributed by atoms with van der Waals surface area (Å²) in [5.74, 6) is -3.43. The van der Waals surface area contributed by atoms with Crippen LogP contribution < -0.4 is 5.32 Å². The molecule has 0 aromatic heterocycles. The highest BCUT2D eigenvalue weighted by Gasteiger charge is 2.33. The van der Waals surface area contributed by atoms with Crippen molar-refractivity contribution >= 4 is 0 Å². The number of rotatable bonds is 5. The number of methoxy groups -OCH3 is 1. The molecule has 5 heteroatoms. The Bertz CT molecular complexity index is 475. The van der Waals surface area contributed by atoms with Crippen LogP contribution in [-0.2, 0) is 4.74 Å². The first-order valence-electron chi connectivity index (χ1n) is 7.43. The largest absolute Gasteiger partial charge is 0.379 e. The maximum atomic E-state index is 14.1. The second-order valence-electron chi connectivity index (χ2n) is 5.63. The Hall–Kier alpha value is -1.07. The molecule has 2 atom stereocenters. The zero-order valence-corrected chi connectivity index (χ0v) is 12.5. The van der Waals surface area contributed by atoms with E-state index in [4.69, 9.17) is 4.74 Å². The van der Waals surface area contributed by atoms with Crippen LogP contribution in [0, 0.1) is 23.4 Å². The molecular weight excluding hydrogens is 279 g/mol. The number of hydrogen-bond donors (Lipinski definition) is 1. The van der Waals surface area contributed by atoms with Crippen LogP contribution in [0.1, 0.15) is 43.7 Å². The van der Waals surface area contributed by atoms with Crippen molar-refractivity contribution in [2.45, 2.75) is 44.2 Å². The minimum absolute atomic E-state index is 0.119. The summed E-state index contributed by atoms with van der Waals surface area (Å²) < 4.78 is 46.2. The van der Waals surface area contributed by atoms with E-state index in [1.165, 1.54) is 12.5 Å². The summed E-state index contributed by atoms with van der Waals surface area (Å²) in [5, 5.41) is 3.00. The van der Waals surface area contributed by atoms with Crippen molar-refractivity contribution in [1.29, 1.82) is 0 Å². The summed E-state index contributed by atoms with van der Waals surface area (Å²) in [6.07, 6.45) is 5.23. The van der Waals surface area contributed by atoms with Crippen molar-refractivity contribution in [2.75, 3.05) is 14.2 Å². The first kappa shape index (κ1) is 16.3. The van der Waals surface area contributed by atoms with Crippen molar-refractivity contribution in [3.63, 3.8) is 0 Å². The predicted molar refractivity (Wildman–Crippen MR) is 75.5 cm³/mol. The molecule has 2 unspecified atom stereocenters. The molecule has 1 aliphatic rings. The van der Waals surface area contributed by atoms with E-state index in [1.54, 1.807) is 14.2 Å². The van der Waals surface area contributed by atoms with E-state index in [0.29, 0.717) is 5.92 Å². The second kappa shape index (κ2) is 7.27. The molecule has 0 spiro atoms.